The van der Waals surface area contributed by atoms with E-state index in [-0.39, 0.29) is 24.7 Å². The van der Waals surface area contributed by atoms with Crippen LogP contribution in [0.5, 0.6) is 0 Å². The highest BCUT2D eigenvalue weighted by atomic mass is 32.2. The highest BCUT2D eigenvalue weighted by Crippen LogP contribution is 2.17. The van der Waals surface area contributed by atoms with E-state index in [0.29, 0.717) is 0 Å². The van der Waals surface area contributed by atoms with Crippen molar-refractivity contribution in [3.05, 3.63) is 29.8 Å². The predicted molar refractivity (Wildman–Crippen MR) is 77.6 cm³/mol. The van der Waals surface area contributed by atoms with Crippen molar-refractivity contribution in [1.82, 2.24) is 10.2 Å². The minimum atomic E-state index is -1.19. The monoisotopic (exact) mass is 343 g/mol. The Balaban J connectivity index is 1.83. The van der Waals surface area contributed by atoms with Gasteiger partial charge in [-0.2, -0.15) is 0 Å². The average Bonchev–Trinajstić information content (AvgIpc) is 2.82. The van der Waals surface area contributed by atoms with Gasteiger partial charge >= 0.3 is 11.8 Å². The average molecular weight is 343 g/mol. The van der Waals surface area contributed by atoms with Gasteiger partial charge in [0.2, 0.25) is 5.91 Å². The summed E-state index contributed by atoms with van der Waals surface area (Å²) in [4.78, 5) is 46.7. The number of benzene rings is 1. The second kappa shape index (κ2) is 7.18. The van der Waals surface area contributed by atoms with Crippen LogP contribution in [0.3, 0.4) is 0 Å². The number of carbonyl (C=O) groups is 4. The molecule has 0 aliphatic carbocycles. The van der Waals surface area contributed by atoms with E-state index >= 15 is 0 Å². The van der Waals surface area contributed by atoms with Crippen LogP contribution >= 0.6 is 11.8 Å². The first kappa shape index (κ1) is 16.9. The molecule has 2 rings (SSSR count). The van der Waals surface area contributed by atoms with Gasteiger partial charge in [-0.3, -0.25) is 24.1 Å². The highest BCUT2D eigenvalue weighted by molar-refractivity contribution is 8.14. The molecule has 1 aromatic rings. The van der Waals surface area contributed by atoms with Crippen molar-refractivity contribution >= 4 is 40.4 Å². The van der Waals surface area contributed by atoms with E-state index in [1.165, 1.54) is 0 Å². The molecule has 0 radical (unpaired) electrons. The number of anilines is 1. The van der Waals surface area contributed by atoms with Crippen LogP contribution in [0.4, 0.5) is 19.3 Å². The number of amides is 4. The van der Waals surface area contributed by atoms with Crippen molar-refractivity contribution in [1.29, 1.82) is 0 Å². The maximum Gasteiger partial charge on any atom is 0.313 e. The zero-order valence-electron chi connectivity index (χ0n) is 11.6. The van der Waals surface area contributed by atoms with Gasteiger partial charge < -0.3 is 10.6 Å². The molecular formula is C13H11F2N3O4S. The predicted octanol–water partition coefficient (Wildman–Crippen LogP) is 0.715. The summed E-state index contributed by atoms with van der Waals surface area (Å²) >= 11 is 0.852. The summed E-state index contributed by atoms with van der Waals surface area (Å²) < 4.78 is 26.3. The molecule has 2 N–H and O–H groups in total. The Morgan fingerprint density at radius 2 is 1.96 bits per heavy atom. The van der Waals surface area contributed by atoms with E-state index in [4.69, 9.17) is 0 Å². The van der Waals surface area contributed by atoms with Gasteiger partial charge in [-0.15, -0.1) is 0 Å². The Bertz CT molecular complexity index is 667. The van der Waals surface area contributed by atoms with Crippen molar-refractivity contribution in [2.24, 2.45) is 0 Å². The fourth-order valence-corrected chi connectivity index (χ4v) is 2.48. The summed E-state index contributed by atoms with van der Waals surface area (Å²) in [5.41, 5.74) is -0.466. The topological polar surface area (TPSA) is 95.6 Å². The molecule has 0 saturated carbocycles. The number of nitrogens with one attached hydrogen (secondary N) is 2. The van der Waals surface area contributed by atoms with Crippen LogP contribution < -0.4 is 10.6 Å². The van der Waals surface area contributed by atoms with Gasteiger partial charge in [-0.25, -0.2) is 8.78 Å². The Hall–Kier alpha value is -2.49. The molecule has 122 valence electrons. The zero-order valence-corrected chi connectivity index (χ0v) is 12.4. The number of rotatable bonds is 4. The Morgan fingerprint density at radius 3 is 2.61 bits per heavy atom. The normalized spacial score (nSPS) is 14.1. The fraction of sp³-hybridized carbons (Fsp3) is 0.231. The molecule has 0 atom stereocenters. The van der Waals surface area contributed by atoms with Crippen molar-refractivity contribution in [2.75, 3.05) is 24.2 Å². The number of nitrogens with zero attached hydrogens (tertiary/aromatic N) is 1. The Kier molecular flexibility index (Phi) is 5.27. The maximum atomic E-state index is 13.3. The molecule has 7 nitrogen and oxygen atoms in total. The van der Waals surface area contributed by atoms with Crippen LogP contribution in [0.15, 0.2) is 18.2 Å². The minimum absolute atomic E-state index is 0.0477. The van der Waals surface area contributed by atoms with E-state index in [1.54, 1.807) is 0 Å². The number of halogens is 2. The summed E-state index contributed by atoms with van der Waals surface area (Å²) in [7, 11) is 0. The molecular weight excluding hydrogens is 332 g/mol. The first-order valence-electron chi connectivity index (χ1n) is 6.40. The van der Waals surface area contributed by atoms with Gasteiger partial charge in [0.05, 0.1) is 11.4 Å². The van der Waals surface area contributed by atoms with Crippen LogP contribution in [0.1, 0.15) is 0 Å². The lowest BCUT2D eigenvalue weighted by molar-refractivity contribution is -0.136. The van der Waals surface area contributed by atoms with E-state index in [9.17, 15) is 28.0 Å². The highest BCUT2D eigenvalue weighted by Gasteiger charge is 2.29. The van der Waals surface area contributed by atoms with Gasteiger partial charge in [-0.05, 0) is 12.1 Å². The van der Waals surface area contributed by atoms with Gasteiger partial charge in [0.15, 0.2) is 0 Å². The molecule has 1 saturated heterocycles. The van der Waals surface area contributed by atoms with Crippen LogP contribution in [-0.4, -0.2) is 46.7 Å². The van der Waals surface area contributed by atoms with E-state index in [2.05, 4.69) is 5.32 Å². The summed E-state index contributed by atoms with van der Waals surface area (Å²) in [5.74, 6) is -4.28. The van der Waals surface area contributed by atoms with Crippen molar-refractivity contribution in [2.45, 2.75) is 0 Å². The number of carbonyl (C=O) groups excluding carboxylic acids is 4. The van der Waals surface area contributed by atoms with Crippen LogP contribution in [0.25, 0.3) is 0 Å². The molecule has 10 heteroatoms. The molecule has 0 unspecified atom stereocenters. The second-order valence-electron chi connectivity index (χ2n) is 4.43. The first-order chi connectivity index (χ1) is 10.9. The molecule has 1 fully saturated rings. The molecule has 0 spiro atoms. The number of hydrogen-bond acceptors (Lipinski definition) is 5. The summed E-state index contributed by atoms with van der Waals surface area (Å²) in [6, 6.07) is 2.41. The number of hydrogen-bond donors (Lipinski definition) is 2. The summed E-state index contributed by atoms with van der Waals surface area (Å²) in [5, 5.41) is 3.69. The van der Waals surface area contributed by atoms with Gasteiger partial charge in [0.25, 0.3) is 5.24 Å². The maximum absolute atomic E-state index is 13.3. The number of thioether (sulfide) groups is 1. The third kappa shape index (κ3) is 4.25. The molecule has 0 aromatic heterocycles. The molecule has 1 aromatic carbocycles. The largest absolute Gasteiger partial charge is 0.346 e. The number of imide groups is 1. The lowest BCUT2D eigenvalue weighted by Gasteiger charge is -2.13. The van der Waals surface area contributed by atoms with Crippen molar-refractivity contribution in [3.8, 4) is 0 Å². The molecule has 1 aliphatic heterocycles. The quantitative estimate of drug-likeness (QED) is 0.785. The summed E-state index contributed by atoms with van der Waals surface area (Å²) in [6.45, 7) is -0.200. The zero-order chi connectivity index (χ0) is 17.0. The Labute approximate surface area is 133 Å². The molecule has 1 aliphatic rings. The SMILES string of the molecule is O=C(NCCN1C(=O)CSC1=O)C(=O)Nc1cc(F)ccc1F. The second-order valence-corrected chi connectivity index (χ2v) is 5.36. The van der Waals surface area contributed by atoms with Gasteiger partial charge in [0.1, 0.15) is 11.6 Å². The summed E-state index contributed by atoms with van der Waals surface area (Å²) in [6.07, 6.45) is 0. The van der Waals surface area contributed by atoms with Gasteiger partial charge in [-0.1, -0.05) is 11.8 Å². The molecule has 4 amide bonds. The van der Waals surface area contributed by atoms with Crippen molar-refractivity contribution in [3.63, 3.8) is 0 Å². The van der Waals surface area contributed by atoms with E-state index in [1.807, 2.05) is 5.32 Å². The fourth-order valence-electron chi connectivity index (χ4n) is 1.73. The first-order valence-corrected chi connectivity index (χ1v) is 7.38. The third-order valence-corrected chi connectivity index (χ3v) is 3.70. The van der Waals surface area contributed by atoms with Crippen LogP contribution in [0.2, 0.25) is 0 Å². The van der Waals surface area contributed by atoms with Gasteiger partial charge in [0, 0.05) is 19.2 Å². The standard InChI is InChI=1S/C13H11F2N3O4S/c14-7-1-2-8(15)9(5-7)17-12(21)11(20)16-3-4-18-10(19)6-23-13(18)22/h1-2,5H,3-4,6H2,(H,16,20)(H,17,21). The van der Waals surface area contributed by atoms with Crippen LogP contribution in [-0.2, 0) is 14.4 Å². The van der Waals surface area contributed by atoms with E-state index < -0.39 is 34.4 Å². The molecule has 23 heavy (non-hydrogen) atoms. The van der Waals surface area contributed by atoms with E-state index in [0.717, 1.165) is 34.9 Å². The minimum Gasteiger partial charge on any atom is -0.346 e. The lowest BCUT2D eigenvalue weighted by atomic mass is 10.3. The molecule has 1 heterocycles. The Morgan fingerprint density at radius 1 is 1.22 bits per heavy atom. The van der Waals surface area contributed by atoms with Crippen molar-refractivity contribution < 1.29 is 28.0 Å². The lowest BCUT2D eigenvalue weighted by Crippen LogP contribution is -2.41. The third-order valence-electron chi connectivity index (χ3n) is 2.84. The smallest absolute Gasteiger partial charge is 0.313 e. The molecule has 0 bridgehead atoms. The van der Waals surface area contributed by atoms with Crippen LogP contribution in [0, 0.1) is 11.6 Å².